The normalized spacial score (nSPS) is 21.8. The maximum atomic E-state index is 12.4. The fourth-order valence-electron chi connectivity index (χ4n) is 2.86. The van der Waals surface area contributed by atoms with Crippen LogP contribution in [0.2, 0.25) is 0 Å². The fraction of sp³-hybridized carbons (Fsp3) is 0.500. The SMILES string of the molecule is NCCc1ccccc1C(=O)NC1CCC(C(=O)O)CC1. The second-order valence-corrected chi connectivity index (χ2v) is 5.56. The molecule has 0 aromatic heterocycles. The van der Waals surface area contributed by atoms with Gasteiger partial charge >= 0.3 is 5.97 Å². The predicted octanol–water partition coefficient (Wildman–Crippen LogP) is 1.56. The molecule has 1 aliphatic rings. The number of carboxylic acids is 1. The van der Waals surface area contributed by atoms with Crippen LogP contribution >= 0.6 is 0 Å². The molecule has 1 saturated carbocycles. The summed E-state index contributed by atoms with van der Waals surface area (Å²) in [5.41, 5.74) is 7.20. The van der Waals surface area contributed by atoms with Crippen molar-refractivity contribution >= 4 is 11.9 Å². The summed E-state index contributed by atoms with van der Waals surface area (Å²) in [6.45, 7) is 0.508. The average molecular weight is 290 g/mol. The molecule has 0 unspecified atom stereocenters. The van der Waals surface area contributed by atoms with Crippen LogP contribution in [0.5, 0.6) is 0 Å². The Morgan fingerprint density at radius 1 is 1.19 bits per heavy atom. The lowest BCUT2D eigenvalue weighted by Crippen LogP contribution is -2.39. The maximum absolute atomic E-state index is 12.4. The Labute approximate surface area is 124 Å². The van der Waals surface area contributed by atoms with Crippen molar-refractivity contribution in [2.75, 3.05) is 6.54 Å². The van der Waals surface area contributed by atoms with Crippen molar-refractivity contribution in [2.45, 2.75) is 38.1 Å². The Bertz CT molecular complexity index is 508. The van der Waals surface area contributed by atoms with Gasteiger partial charge in [-0.15, -0.1) is 0 Å². The number of nitrogens with two attached hydrogens (primary N) is 1. The second-order valence-electron chi connectivity index (χ2n) is 5.56. The van der Waals surface area contributed by atoms with Gasteiger partial charge in [0, 0.05) is 11.6 Å². The monoisotopic (exact) mass is 290 g/mol. The van der Waals surface area contributed by atoms with E-state index in [4.69, 9.17) is 10.8 Å². The number of hydrogen-bond acceptors (Lipinski definition) is 3. The van der Waals surface area contributed by atoms with Crippen LogP contribution in [0.25, 0.3) is 0 Å². The zero-order chi connectivity index (χ0) is 15.2. The highest BCUT2D eigenvalue weighted by molar-refractivity contribution is 5.95. The van der Waals surface area contributed by atoms with Gasteiger partial charge in [0.05, 0.1) is 5.92 Å². The molecule has 0 bridgehead atoms. The number of carbonyl (C=O) groups excluding carboxylic acids is 1. The minimum absolute atomic E-state index is 0.0685. The summed E-state index contributed by atoms with van der Waals surface area (Å²) in [6.07, 6.45) is 3.38. The molecule has 5 nitrogen and oxygen atoms in total. The molecule has 1 fully saturated rings. The minimum atomic E-state index is -0.729. The first kappa shape index (κ1) is 15.5. The van der Waals surface area contributed by atoms with Crippen LogP contribution in [0.3, 0.4) is 0 Å². The summed E-state index contributed by atoms with van der Waals surface area (Å²) in [4.78, 5) is 23.3. The highest BCUT2D eigenvalue weighted by Gasteiger charge is 2.27. The van der Waals surface area contributed by atoms with Gasteiger partial charge in [-0.2, -0.15) is 0 Å². The number of carboxylic acid groups (broad SMARTS) is 1. The number of benzene rings is 1. The lowest BCUT2D eigenvalue weighted by atomic mass is 9.86. The van der Waals surface area contributed by atoms with E-state index in [1.54, 1.807) is 0 Å². The van der Waals surface area contributed by atoms with Crippen LogP contribution < -0.4 is 11.1 Å². The van der Waals surface area contributed by atoms with E-state index in [0.717, 1.165) is 18.4 Å². The van der Waals surface area contributed by atoms with Gasteiger partial charge in [0.15, 0.2) is 0 Å². The molecule has 5 heteroatoms. The van der Waals surface area contributed by atoms with Crippen LogP contribution in [-0.2, 0) is 11.2 Å². The minimum Gasteiger partial charge on any atom is -0.481 e. The first-order valence-corrected chi connectivity index (χ1v) is 7.43. The maximum Gasteiger partial charge on any atom is 0.306 e. The van der Waals surface area contributed by atoms with Crippen LogP contribution in [0.1, 0.15) is 41.6 Å². The van der Waals surface area contributed by atoms with Crippen molar-refractivity contribution in [3.63, 3.8) is 0 Å². The van der Waals surface area contributed by atoms with E-state index in [1.807, 2.05) is 24.3 Å². The fourth-order valence-corrected chi connectivity index (χ4v) is 2.86. The zero-order valence-electron chi connectivity index (χ0n) is 12.0. The standard InChI is InChI=1S/C16H22N2O3/c17-10-9-11-3-1-2-4-14(11)15(19)18-13-7-5-12(6-8-13)16(20)21/h1-4,12-13H,5-10,17H2,(H,18,19)(H,20,21). The Morgan fingerprint density at radius 3 is 2.48 bits per heavy atom. The number of rotatable bonds is 5. The van der Waals surface area contributed by atoms with Gasteiger partial charge in [-0.1, -0.05) is 18.2 Å². The molecule has 0 radical (unpaired) electrons. The molecular weight excluding hydrogens is 268 g/mol. The van der Waals surface area contributed by atoms with Crippen LogP contribution in [0.15, 0.2) is 24.3 Å². The quantitative estimate of drug-likeness (QED) is 0.767. The molecular formula is C16H22N2O3. The third-order valence-corrected chi connectivity index (χ3v) is 4.09. The smallest absolute Gasteiger partial charge is 0.306 e. The Kier molecular flexibility index (Phi) is 5.33. The van der Waals surface area contributed by atoms with Crippen LogP contribution in [-0.4, -0.2) is 29.6 Å². The highest BCUT2D eigenvalue weighted by atomic mass is 16.4. The highest BCUT2D eigenvalue weighted by Crippen LogP contribution is 2.24. The van der Waals surface area contributed by atoms with Crippen molar-refractivity contribution in [3.8, 4) is 0 Å². The molecule has 0 saturated heterocycles. The lowest BCUT2D eigenvalue weighted by Gasteiger charge is -2.27. The van der Waals surface area contributed by atoms with E-state index in [-0.39, 0.29) is 17.9 Å². The molecule has 1 aliphatic carbocycles. The molecule has 0 atom stereocenters. The molecule has 2 rings (SSSR count). The Balaban J connectivity index is 1.95. The summed E-state index contributed by atoms with van der Waals surface area (Å²) in [5.74, 6) is -1.08. The zero-order valence-corrected chi connectivity index (χ0v) is 12.0. The predicted molar refractivity (Wildman–Crippen MR) is 80.0 cm³/mol. The first-order valence-electron chi connectivity index (χ1n) is 7.43. The largest absolute Gasteiger partial charge is 0.481 e. The van der Waals surface area contributed by atoms with Crippen LogP contribution in [0, 0.1) is 5.92 Å². The van der Waals surface area contributed by atoms with Gasteiger partial charge in [-0.25, -0.2) is 0 Å². The van der Waals surface area contributed by atoms with E-state index in [0.29, 0.717) is 31.4 Å². The summed E-state index contributed by atoms with van der Waals surface area (Å²) in [5, 5.41) is 12.0. The van der Waals surface area contributed by atoms with E-state index in [1.165, 1.54) is 0 Å². The van der Waals surface area contributed by atoms with Gasteiger partial charge < -0.3 is 16.2 Å². The van der Waals surface area contributed by atoms with Crippen molar-refractivity contribution < 1.29 is 14.7 Å². The Hall–Kier alpha value is -1.88. The Morgan fingerprint density at radius 2 is 1.86 bits per heavy atom. The third-order valence-electron chi connectivity index (χ3n) is 4.09. The van der Waals surface area contributed by atoms with E-state index >= 15 is 0 Å². The van der Waals surface area contributed by atoms with E-state index in [2.05, 4.69) is 5.32 Å². The lowest BCUT2D eigenvalue weighted by molar-refractivity contribution is -0.142. The second kappa shape index (κ2) is 7.22. The number of aliphatic carboxylic acids is 1. The summed E-state index contributed by atoms with van der Waals surface area (Å²) >= 11 is 0. The molecule has 1 aromatic carbocycles. The number of carbonyl (C=O) groups is 2. The van der Waals surface area contributed by atoms with E-state index < -0.39 is 5.97 Å². The molecule has 4 N–H and O–H groups in total. The van der Waals surface area contributed by atoms with Crippen molar-refractivity contribution in [2.24, 2.45) is 11.7 Å². The van der Waals surface area contributed by atoms with E-state index in [9.17, 15) is 9.59 Å². The first-order chi connectivity index (χ1) is 10.1. The summed E-state index contributed by atoms with van der Waals surface area (Å²) in [7, 11) is 0. The van der Waals surface area contributed by atoms with Gasteiger partial charge in [0.1, 0.15) is 0 Å². The molecule has 21 heavy (non-hydrogen) atoms. The van der Waals surface area contributed by atoms with Gasteiger partial charge in [-0.3, -0.25) is 9.59 Å². The number of hydrogen-bond donors (Lipinski definition) is 3. The topological polar surface area (TPSA) is 92.4 Å². The summed E-state index contributed by atoms with van der Waals surface area (Å²) in [6, 6.07) is 7.54. The van der Waals surface area contributed by atoms with Crippen molar-refractivity contribution in [1.82, 2.24) is 5.32 Å². The molecule has 114 valence electrons. The van der Waals surface area contributed by atoms with Gasteiger partial charge in [-0.05, 0) is 50.3 Å². The van der Waals surface area contributed by atoms with Gasteiger partial charge in [0.25, 0.3) is 5.91 Å². The molecule has 0 heterocycles. The third kappa shape index (κ3) is 4.04. The number of nitrogens with one attached hydrogen (secondary N) is 1. The summed E-state index contributed by atoms with van der Waals surface area (Å²) < 4.78 is 0. The van der Waals surface area contributed by atoms with Gasteiger partial charge in [0.2, 0.25) is 0 Å². The molecule has 1 amide bonds. The van der Waals surface area contributed by atoms with Crippen molar-refractivity contribution in [1.29, 1.82) is 0 Å². The molecule has 0 spiro atoms. The molecule has 1 aromatic rings. The van der Waals surface area contributed by atoms with Crippen molar-refractivity contribution in [3.05, 3.63) is 35.4 Å². The number of amides is 1. The molecule has 0 aliphatic heterocycles. The van der Waals surface area contributed by atoms with Crippen LogP contribution in [0.4, 0.5) is 0 Å². The average Bonchev–Trinajstić information content (AvgIpc) is 2.48.